The van der Waals surface area contributed by atoms with Gasteiger partial charge in [0.1, 0.15) is 12.5 Å². The van der Waals surface area contributed by atoms with E-state index in [0.29, 0.717) is 41.5 Å². The van der Waals surface area contributed by atoms with E-state index in [-0.39, 0.29) is 23.6 Å². The topological polar surface area (TPSA) is 86.9 Å². The zero-order valence-corrected chi connectivity index (χ0v) is 15.8. The second-order valence-electron chi connectivity index (χ2n) is 6.59. The summed E-state index contributed by atoms with van der Waals surface area (Å²) >= 11 is 0. The second kappa shape index (κ2) is 9.88. The van der Waals surface area contributed by atoms with Gasteiger partial charge in [-0.2, -0.15) is 5.10 Å². The van der Waals surface area contributed by atoms with E-state index >= 15 is 0 Å². The van der Waals surface area contributed by atoms with Gasteiger partial charge in [0, 0.05) is 23.9 Å². The Morgan fingerprint density at radius 3 is 2.66 bits per heavy atom. The molecule has 8 heteroatoms. The van der Waals surface area contributed by atoms with Crippen molar-refractivity contribution in [1.29, 1.82) is 0 Å². The number of carbonyl (C=O) groups excluding carboxylic acids is 1. The molecule has 0 aliphatic heterocycles. The molecule has 0 spiro atoms. The van der Waals surface area contributed by atoms with E-state index in [1.54, 1.807) is 30.3 Å². The number of unbranched alkanes of at least 4 members (excludes halogenated alkanes) is 1. The lowest BCUT2D eigenvalue weighted by molar-refractivity contribution is -0.116. The predicted molar refractivity (Wildman–Crippen MR) is 109 cm³/mol. The molecule has 1 amide bonds. The van der Waals surface area contributed by atoms with Crippen LogP contribution < -0.4 is 16.2 Å². The van der Waals surface area contributed by atoms with Gasteiger partial charge >= 0.3 is 0 Å². The van der Waals surface area contributed by atoms with Gasteiger partial charge < -0.3 is 10.6 Å². The molecule has 0 atom stereocenters. The Morgan fingerprint density at radius 1 is 1.07 bits per heavy atom. The Morgan fingerprint density at radius 2 is 1.86 bits per heavy atom. The standard InChI is InChI=1S/C21H22F2N4O2/c22-10-12-24-11-4-3-7-19(28)25-18-13-14(8-9-17(18)23)20-15-5-1-2-6-16(15)21(29)27-26-20/h1-2,5-6,8-9,13,24H,3-4,7,10-12H2,(H,25,28)(H,27,29). The molecule has 2 aromatic carbocycles. The highest BCUT2D eigenvalue weighted by Crippen LogP contribution is 2.28. The molecule has 0 aliphatic rings. The molecule has 3 aromatic rings. The molecule has 152 valence electrons. The molecule has 29 heavy (non-hydrogen) atoms. The molecular formula is C21H22F2N4O2. The summed E-state index contributed by atoms with van der Waals surface area (Å²) in [6, 6.07) is 11.3. The van der Waals surface area contributed by atoms with Crippen LogP contribution in [0.5, 0.6) is 0 Å². The lowest BCUT2D eigenvalue weighted by Crippen LogP contribution is -2.18. The highest BCUT2D eigenvalue weighted by Gasteiger charge is 2.13. The van der Waals surface area contributed by atoms with Crippen molar-refractivity contribution >= 4 is 22.4 Å². The van der Waals surface area contributed by atoms with E-state index in [2.05, 4.69) is 20.8 Å². The minimum Gasteiger partial charge on any atom is -0.324 e. The Hall–Kier alpha value is -3.13. The number of hydrogen-bond acceptors (Lipinski definition) is 4. The molecule has 0 unspecified atom stereocenters. The van der Waals surface area contributed by atoms with E-state index in [4.69, 9.17) is 0 Å². The summed E-state index contributed by atoms with van der Waals surface area (Å²) in [6.07, 6.45) is 1.57. The van der Waals surface area contributed by atoms with Crippen LogP contribution in [0.2, 0.25) is 0 Å². The maximum Gasteiger partial charge on any atom is 0.272 e. The van der Waals surface area contributed by atoms with Gasteiger partial charge in [-0.15, -0.1) is 0 Å². The number of fused-ring (bicyclic) bond motifs is 1. The number of nitrogens with zero attached hydrogens (tertiary/aromatic N) is 1. The normalized spacial score (nSPS) is 11.0. The number of benzene rings is 2. The number of alkyl halides is 1. The van der Waals surface area contributed by atoms with Gasteiger partial charge in [-0.05, 0) is 43.7 Å². The smallest absolute Gasteiger partial charge is 0.272 e. The van der Waals surface area contributed by atoms with Crippen molar-refractivity contribution in [3.63, 3.8) is 0 Å². The third-order valence-electron chi connectivity index (χ3n) is 4.49. The van der Waals surface area contributed by atoms with Crippen LogP contribution >= 0.6 is 0 Å². The van der Waals surface area contributed by atoms with Crippen molar-refractivity contribution in [2.45, 2.75) is 19.3 Å². The van der Waals surface area contributed by atoms with Crippen LogP contribution in [0.25, 0.3) is 22.0 Å². The number of rotatable bonds is 9. The van der Waals surface area contributed by atoms with E-state index < -0.39 is 12.5 Å². The molecule has 0 fully saturated rings. The predicted octanol–water partition coefficient (Wildman–Crippen LogP) is 3.40. The molecule has 0 bridgehead atoms. The fraction of sp³-hybridized carbons (Fsp3) is 0.286. The average molecular weight is 400 g/mol. The SMILES string of the molecule is O=C(CCCCNCCF)Nc1cc(-c2n[nH]c(=O)c3ccccc23)ccc1F. The number of aromatic amines is 1. The molecule has 6 nitrogen and oxygen atoms in total. The fourth-order valence-electron chi connectivity index (χ4n) is 3.04. The van der Waals surface area contributed by atoms with Crippen molar-refractivity contribution in [3.05, 3.63) is 58.6 Å². The summed E-state index contributed by atoms with van der Waals surface area (Å²) in [4.78, 5) is 24.1. The quantitative estimate of drug-likeness (QED) is 0.481. The molecule has 0 saturated carbocycles. The number of H-pyrrole nitrogens is 1. The fourth-order valence-corrected chi connectivity index (χ4v) is 3.04. The zero-order valence-electron chi connectivity index (χ0n) is 15.8. The maximum atomic E-state index is 14.2. The van der Waals surface area contributed by atoms with Crippen LogP contribution in [-0.4, -0.2) is 35.9 Å². The first-order chi connectivity index (χ1) is 14.1. The van der Waals surface area contributed by atoms with Crippen LogP contribution in [0.15, 0.2) is 47.3 Å². The maximum absolute atomic E-state index is 14.2. The highest BCUT2D eigenvalue weighted by molar-refractivity contribution is 5.95. The first-order valence-electron chi connectivity index (χ1n) is 9.44. The third-order valence-corrected chi connectivity index (χ3v) is 4.49. The molecule has 1 heterocycles. The Labute approximate surface area is 166 Å². The summed E-state index contributed by atoms with van der Waals surface area (Å²) in [7, 11) is 0. The van der Waals surface area contributed by atoms with Gasteiger partial charge in [-0.25, -0.2) is 13.9 Å². The van der Waals surface area contributed by atoms with Crippen LogP contribution in [-0.2, 0) is 4.79 Å². The molecule has 3 rings (SSSR count). The van der Waals surface area contributed by atoms with Gasteiger partial charge in [0.2, 0.25) is 5.91 Å². The number of amides is 1. The second-order valence-corrected chi connectivity index (χ2v) is 6.59. The minimum atomic E-state index is -0.555. The van der Waals surface area contributed by atoms with Gasteiger partial charge in [-0.3, -0.25) is 9.59 Å². The van der Waals surface area contributed by atoms with Crippen LogP contribution in [0.4, 0.5) is 14.5 Å². The first-order valence-corrected chi connectivity index (χ1v) is 9.44. The molecule has 0 saturated heterocycles. The van der Waals surface area contributed by atoms with Crippen molar-refractivity contribution in [2.75, 3.05) is 25.1 Å². The Balaban J connectivity index is 1.73. The van der Waals surface area contributed by atoms with Crippen molar-refractivity contribution in [3.8, 4) is 11.3 Å². The monoisotopic (exact) mass is 400 g/mol. The first kappa shape index (κ1) is 20.6. The largest absolute Gasteiger partial charge is 0.324 e. The number of carbonyl (C=O) groups is 1. The molecule has 0 aliphatic carbocycles. The lowest BCUT2D eigenvalue weighted by Gasteiger charge is -2.10. The van der Waals surface area contributed by atoms with E-state index in [0.717, 1.165) is 6.42 Å². The van der Waals surface area contributed by atoms with Gasteiger partial charge in [0.05, 0.1) is 16.8 Å². The Kier molecular flexibility index (Phi) is 7.02. The zero-order chi connectivity index (χ0) is 20.6. The van der Waals surface area contributed by atoms with Gasteiger partial charge in [0.25, 0.3) is 5.56 Å². The molecule has 3 N–H and O–H groups in total. The van der Waals surface area contributed by atoms with Crippen molar-refractivity contribution < 1.29 is 13.6 Å². The summed E-state index contributed by atoms with van der Waals surface area (Å²) < 4.78 is 26.2. The van der Waals surface area contributed by atoms with E-state index in [1.807, 2.05) is 0 Å². The highest BCUT2D eigenvalue weighted by atomic mass is 19.1. The lowest BCUT2D eigenvalue weighted by atomic mass is 10.0. The third kappa shape index (κ3) is 5.23. The van der Waals surface area contributed by atoms with Crippen LogP contribution in [0.1, 0.15) is 19.3 Å². The van der Waals surface area contributed by atoms with Gasteiger partial charge in [-0.1, -0.05) is 18.2 Å². The summed E-state index contributed by atoms with van der Waals surface area (Å²) in [5, 5.41) is 13.2. The van der Waals surface area contributed by atoms with E-state index in [1.165, 1.54) is 12.1 Å². The van der Waals surface area contributed by atoms with E-state index in [9.17, 15) is 18.4 Å². The van der Waals surface area contributed by atoms with Crippen molar-refractivity contribution in [2.24, 2.45) is 0 Å². The van der Waals surface area contributed by atoms with Gasteiger partial charge in [0.15, 0.2) is 0 Å². The molecule has 0 radical (unpaired) electrons. The number of anilines is 1. The van der Waals surface area contributed by atoms with Crippen LogP contribution in [0, 0.1) is 5.82 Å². The molecular weight excluding hydrogens is 378 g/mol. The summed E-state index contributed by atoms with van der Waals surface area (Å²) in [5.41, 5.74) is 0.820. The molecule has 1 aromatic heterocycles. The summed E-state index contributed by atoms with van der Waals surface area (Å²) in [5.74, 6) is -0.855. The van der Waals surface area contributed by atoms with Crippen LogP contribution in [0.3, 0.4) is 0 Å². The number of nitrogens with one attached hydrogen (secondary N) is 3. The minimum absolute atomic E-state index is 0.0557. The number of hydrogen-bond donors (Lipinski definition) is 3. The number of aromatic nitrogens is 2. The Bertz CT molecular complexity index is 1050. The van der Waals surface area contributed by atoms with Crippen molar-refractivity contribution in [1.82, 2.24) is 15.5 Å². The summed E-state index contributed by atoms with van der Waals surface area (Å²) in [6.45, 7) is 0.513. The average Bonchev–Trinajstić information content (AvgIpc) is 2.73. The number of halogens is 2.